The highest BCUT2D eigenvalue weighted by atomic mass is 79.9. The summed E-state index contributed by atoms with van der Waals surface area (Å²) in [6, 6.07) is 3.20. The molecule has 0 aromatic carbocycles. The van der Waals surface area contributed by atoms with E-state index in [1.54, 1.807) is 16.8 Å². The van der Waals surface area contributed by atoms with Crippen LogP contribution >= 0.6 is 15.9 Å². The lowest BCUT2D eigenvalue weighted by Gasteiger charge is -2.06. The largest absolute Gasteiger partial charge is 0.314 e. The summed E-state index contributed by atoms with van der Waals surface area (Å²) < 4.78 is 26.4. The highest BCUT2D eigenvalue weighted by Gasteiger charge is 2.00. The van der Waals surface area contributed by atoms with Gasteiger partial charge in [-0.25, -0.2) is 13.1 Å². The third-order valence-corrected chi connectivity index (χ3v) is 3.34. The number of hydrogen-bond acceptors (Lipinski definition) is 3. The zero-order chi connectivity index (χ0) is 12.9. The molecule has 0 amide bonds. The molecule has 1 aromatic heterocycles. The van der Waals surface area contributed by atoms with Crippen molar-refractivity contribution in [3.63, 3.8) is 0 Å². The fraction of sp³-hybridized carbons (Fsp3) is 0.500. The van der Waals surface area contributed by atoms with E-state index < -0.39 is 10.0 Å². The molecule has 0 radical (unpaired) electrons. The summed E-state index contributed by atoms with van der Waals surface area (Å²) in [4.78, 5) is 11.4. The van der Waals surface area contributed by atoms with E-state index in [2.05, 4.69) is 20.7 Å². The molecule has 1 N–H and O–H groups in total. The number of aromatic nitrogens is 1. The Kier molecular flexibility index (Phi) is 5.35. The molecule has 1 heterocycles. The second-order valence-electron chi connectivity index (χ2n) is 3.75. The summed E-state index contributed by atoms with van der Waals surface area (Å²) in [5, 5.41) is 0. The Balaban J connectivity index is 2.36. The Hall–Kier alpha value is -0.660. The van der Waals surface area contributed by atoms with Gasteiger partial charge in [0.1, 0.15) is 0 Å². The lowest BCUT2D eigenvalue weighted by Crippen LogP contribution is -2.24. The molecule has 0 spiro atoms. The number of halogens is 1. The van der Waals surface area contributed by atoms with Gasteiger partial charge >= 0.3 is 0 Å². The molecule has 0 aliphatic heterocycles. The average molecular weight is 323 g/mol. The van der Waals surface area contributed by atoms with Crippen molar-refractivity contribution in [2.24, 2.45) is 0 Å². The fourth-order valence-electron chi connectivity index (χ4n) is 1.34. The molecule has 5 nitrogen and oxygen atoms in total. The summed E-state index contributed by atoms with van der Waals surface area (Å²) in [7, 11) is -3.11. The van der Waals surface area contributed by atoms with Crippen molar-refractivity contribution in [1.29, 1.82) is 0 Å². The van der Waals surface area contributed by atoms with E-state index in [1.165, 1.54) is 6.07 Å². The molecule has 0 atom stereocenters. The van der Waals surface area contributed by atoms with E-state index in [0.717, 1.165) is 17.1 Å². The van der Waals surface area contributed by atoms with Crippen molar-refractivity contribution < 1.29 is 8.42 Å². The van der Waals surface area contributed by atoms with Crippen LogP contribution in [0.5, 0.6) is 0 Å². The molecule has 0 bridgehead atoms. The van der Waals surface area contributed by atoms with Gasteiger partial charge in [0.05, 0.1) is 6.26 Å². The second kappa shape index (κ2) is 6.32. The van der Waals surface area contributed by atoms with Crippen LogP contribution in [0.4, 0.5) is 0 Å². The van der Waals surface area contributed by atoms with Crippen molar-refractivity contribution in [2.75, 3.05) is 12.8 Å². The third-order valence-electron chi connectivity index (χ3n) is 2.14. The molecule has 0 saturated heterocycles. The number of sulfonamides is 1. The minimum Gasteiger partial charge on any atom is -0.314 e. The van der Waals surface area contributed by atoms with Gasteiger partial charge in [0.15, 0.2) is 0 Å². The Bertz CT molecular complexity index is 525. The topological polar surface area (TPSA) is 68.2 Å². The van der Waals surface area contributed by atoms with Crippen molar-refractivity contribution in [3.05, 3.63) is 33.2 Å². The number of hydrogen-bond donors (Lipinski definition) is 1. The predicted octanol–water partition coefficient (Wildman–Crippen LogP) is 0.940. The summed E-state index contributed by atoms with van der Waals surface area (Å²) >= 11 is 3.29. The molecular formula is C10H15BrN2O3S. The standard InChI is InChI=1S/C10H15BrN2O3S/c1-17(15,16)12-6-2-3-7-13-8-9(11)4-5-10(13)14/h4-5,8,12H,2-3,6-7H2,1H3. The lowest BCUT2D eigenvalue weighted by molar-refractivity contribution is 0.565. The summed E-state index contributed by atoms with van der Waals surface area (Å²) in [5.74, 6) is 0. The number of rotatable bonds is 6. The highest BCUT2D eigenvalue weighted by molar-refractivity contribution is 9.10. The fourth-order valence-corrected chi connectivity index (χ4v) is 2.24. The normalized spacial score (nSPS) is 11.6. The smallest absolute Gasteiger partial charge is 0.250 e. The van der Waals surface area contributed by atoms with Crippen molar-refractivity contribution in [2.45, 2.75) is 19.4 Å². The van der Waals surface area contributed by atoms with E-state index in [-0.39, 0.29) is 5.56 Å². The Morgan fingerprint density at radius 3 is 2.71 bits per heavy atom. The first-order valence-electron chi connectivity index (χ1n) is 5.19. The van der Waals surface area contributed by atoms with Crippen LogP contribution in [-0.4, -0.2) is 25.8 Å². The van der Waals surface area contributed by atoms with Gasteiger partial charge in [0, 0.05) is 29.8 Å². The van der Waals surface area contributed by atoms with Crippen LogP contribution in [0.3, 0.4) is 0 Å². The van der Waals surface area contributed by atoms with Crippen LogP contribution in [0, 0.1) is 0 Å². The van der Waals surface area contributed by atoms with Gasteiger partial charge in [-0.05, 0) is 34.8 Å². The van der Waals surface area contributed by atoms with Crippen molar-refractivity contribution in [1.82, 2.24) is 9.29 Å². The molecule has 7 heteroatoms. The Morgan fingerprint density at radius 1 is 1.35 bits per heavy atom. The SMILES string of the molecule is CS(=O)(=O)NCCCCn1cc(Br)ccc1=O. The molecule has 0 unspecified atom stereocenters. The molecule has 0 saturated carbocycles. The first kappa shape index (κ1) is 14.4. The van der Waals surface area contributed by atoms with Gasteiger partial charge in [-0.3, -0.25) is 4.79 Å². The van der Waals surface area contributed by atoms with Crippen LogP contribution in [0.15, 0.2) is 27.6 Å². The molecular weight excluding hydrogens is 308 g/mol. The van der Waals surface area contributed by atoms with Crippen molar-refractivity contribution >= 4 is 26.0 Å². The molecule has 0 aliphatic rings. The maximum atomic E-state index is 11.4. The molecule has 0 fully saturated rings. The third kappa shape index (κ3) is 5.99. The minimum atomic E-state index is -3.11. The first-order valence-corrected chi connectivity index (χ1v) is 7.87. The zero-order valence-corrected chi connectivity index (χ0v) is 11.9. The number of aryl methyl sites for hydroxylation is 1. The Morgan fingerprint density at radius 2 is 2.06 bits per heavy atom. The molecule has 96 valence electrons. The maximum Gasteiger partial charge on any atom is 0.250 e. The lowest BCUT2D eigenvalue weighted by atomic mass is 10.3. The number of nitrogens with zero attached hydrogens (tertiary/aromatic N) is 1. The Labute approximate surface area is 109 Å². The van der Waals surface area contributed by atoms with E-state index in [0.29, 0.717) is 19.5 Å². The van der Waals surface area contributed by atoms with Gasteiger partial charge < -0.3 is 4.57 Å². The number of unbranched alkanes of at least 4 members (excludes halogenated alkanes) is 1. The van der Waals surface area contributed by atoms with E-state index in [1.807, 2.05) is 0 Å². The second-order valence-corrected chi connectivity index (χ2v) is 6.50. The van der Waals surface area contributed by atoms with Gasteiger partial charge in [-0.1, -0.05) is 0 Å². The van der Waals surface area contributed by atoms with Gasteiger partial charge in [-0.2, -0.15) is 0 Å². The first-order chi connectivity index (χ1) is 7.88. The van der Waals surface area contributed by atoms with Gasteiger partial charge in [-0.15, -0.1) is 0 Å². The van der Waals surface area contributed by atoms with Gasteiger partial charge in [0.25, 0.3) is 5.56 Å². The van der Waals surface area contributed by atoms with Crippen LogP contribution in [0.1, 0.15) is 12.8 Å². The van der Waals surface area contributed by atoms with Gasteiger partial charge in [0.2, 0.25) is 10.0 Å². The van der Waals surface area contributed by atoms with E-state index in [9.17, 15) is 13.2 Å². The van der Waals surface area contributed by atoms with Crippen LogP contribution in [0.25, 0.3) is 0 Å². The number of pyridine rings is 1. The van der Waals surface area contributed by atoms with E-state index >= 15 is 0 Å². The van der Waals surface area contributed by atoms with Crippen LogP contribution in [0.2, 0.25) is 0 Å². The number of nitrogens with one attached hydrogen (secondary N) is 1. The quantitative estimate of drug-likeness (QED) is 0.792. The molecule has 0 aliphatic carbocycles. The predicted molar refractivity (Wildman–Crippen MR) is 70.5 cm³/mol. The molecule has 17 heavy (non-hydrogen) atoms. The summed E-state index contributed by atoms with van der Waals surface area (Å²) in [6.45, 7) is 0.991. The summed E-state index contributed by atoms with van der Waals surface area (Å²) in [5.41, 5.74) is -0.0516. The van der Waals surface area contributed by atoms with Crippen molar-refractivity contribution in [3.8, 4) is 0 Å². The van der Waals surface area contributed by atoms with E-state index in [4.69, 9.17) is 0 Å². The monoisotopic (exact) mass is 322 g/mol. The minimum absolute atomic E-state index is 0.0516. The molecule has 1 aromatic rings. The zero-order valence-electron chi connectivity index (χ0n) is 9.52. The average Bonchev–Trinajstić information content (AvgIpc) is 2.21. The maximum absolute atomic E-state index is 11.4. The van der Waals surface area contributed by atoms with Crippen LogP contribution < -0.4 is 10.3 Å². The molecule has 1 rings (SSSR count). The van der Waals surface area contributed by atoms with Crippen LogP contribution in [-0.2, 0) is 16.6 Å². The highest BCUT2D eigenvalue weighted by Crippen LogP contribution is 2.05. The summed E-state index contributed by atoms with van der Waals surface area (Å²) in [6.07, 6.45) is 4.31.